The van der Waals surface area contributed by atoms with Gasteiger partial charge in [-0.05, 0) is 38.4 Å². The molecule has 0 radical (unpaired) electrons. The van der Waals surface area contributed by atoms with Crippen molar-refractivity contribution in [3.8, 4) is 0 Å². The lowest BCUT2D eigenvalue weighted by molar-refractivity contribution is 0.390. The van der Waals surface area contributed by atoms with Gasteiger partial charge in [-0.2, -0.15) is 0 Å². The summed E-state index contributed by atoms with van der Waals surface area (Å²) in [5.41, 5.74) is 3.75. The molecule has 0 spiro atoms. The highest BCUT2D eigenvalue weighted by molar-refractivity contribution is 5.32. The second-order valence-corrected chi connectivity index (χ2v) is 4.89. The third kappa shape index (κ3) is 3.20. The van der Waals surface area contributed by atoms with Gasteiger partial charge < -0.3 is 9.73 Å². The molecule has 0 saturated carbocycles. The molecule has 2 aromatic rings. The molecule has 19 heavy (non-hydrogen) atoms. The fourth-order valence-electron chi connectivity index (χ4n) is 2.13. The van der Waals surface area contributed by atoms with Crippen molar-refractivity contribution in [2.45, 2.75) is 39.7 Å². The minimum absolute atomic E-state index is 0.139. The highest BCUT2D eigenvalue weighted by atomic mass is 16.4. The van der Waals surface area contributed by atoms with Crippen molar-refractivity contribution in [2.75, 3.05) is 7.05 Å². The summed E-state index contributed by atoms with van der Waals surface area (Å²) >= 11 is 0. The van der Waals surface area contributed by atoms with Crippen LogP contribution >= 0.6 is 0 Å². The first-order valence-corrected chi connectivity index (χ1v) is 6.69. The van der Waals surface area contributed by atoms with Crippen LogP contribution in [-0.4, -0.2) is 17.2 Å². The number of hydrogen-bond acceptors (Lipinski definition) is 4. The third-order valence-corrected chi connectivity index (χ3v) is 3.38. The number of nitrogens with one attached hydrogen (secondary N) is 1. The number of rotatable bonds is 5. The fraction of sp³-hybridized carbons (Fsp3) is 0.467. The predicted octanol–water partition coefficient (Wildman–Crippen LogP) is 2.95. The van der Waals surface area contributed by atoms with Crippen molar-refractivity contribution >= 4 is 0 Å². The Kier molecular flexibility index (Phi) is 4.32. The largest absolute Gasteiger partial charge is 0.423 e. The van der Waals surface area contributed by atoms with Gasteiger partial charge in [0.2, 0.25) is 11.8 Å². The van der Waals surface area contributed by atoms with Crippen LogP contribution in [0.1, 0.15) is 47.9 Å². The summed E-state index contributed by atoms with van der Waals surface area (Å²) in [5, 5.41) is 11.4. The summed E-state index contributed by atoms with van der Waals surface area (Å²) in [4.78, 5) is 0. The molecular weight excluding hydrogens is 238 g/mol. The molecule has 4 heteroatoms. The van der Waals surface area contributed by atoms with E-state index in [1.54, 1.807) is 0 Å². The van der Waals surface area contributed by atoms with E-state index in [0.29, 0.717) is 18.2 Å². The Morgan fingerprint density at radius 1 is 1.26 bits per heavy atom. The molecule has 1 N–H and O–H groups in total. The standard InChI is InChI=1S/C15H21N3O/c1-5-13(16-4)15-18-17-14(19-15)9-12-8-10(2)6-7-11(12)3/h6-8,13,16H,5,9H2,1-4H3. The van der Waals surface area contributed by atoms with Crippen LogP contribution in [0.2, 0.25) is 0 Å². The van der Waals surface area contributed by atoms with Gasteiger partial charge in [0.25, 0.3) is 0 Å². The van der Waals surface area contributed by atoms with Crippen LogP contribution in [-0.2, 0) is 6.42 Å². The van der Waals surface area contributed by atoms with E-state index in [9.17, 15) is 0 Å². The minimum atomic E-state index is 0.139. The normalized spacial score (nSPS) is 12.6. The Balaban J connectivity index is 2.18. The number of aryl methyl sites for hydroxylation is 2. The van der Waals surface area contributed by atoms with E-state index in [1.807, 2.05) is 7.05 Å². The second-order valence-electron chi connectivity index (χ2n) is 4.89. The Hall–Kier alpha value is -1.68. The van der Waals surface area contributed by atoms with Gasteiger partial charge in [-0.1, -0.05) is 30.7 Å². The summed E-state index contributed by atoms with van der Waals surface area (Å²) in [6, 6.07) is 6.56. The van der Waals surface area contributed by atoms with Gasteiger partial charge in [0.05, 0.1) is 12.5 Å². The maximum atomic E-state index is 5.74. The topological polar surface area (TPSA) is 51.0 Å². The summed E-state index contributed by atoms with van der Waals surface area (Å²) in [6.45, 7) is 6.29. The fourth-order valence-corrected chi connectivity index (χ4v) is 2.13. The van der Waals surface area contributed by atoms with Crippen molar-refractivity contribution < 1.29 is 4.42 Å². The molecule has 102 valence electrons. The molecular formula is C15H21N3O. The first kappa shape index (κ1) is 13.7. The molecule has 1 atom stereocenters. The van der Waals surface area contributed by atoms with Gasteiger partial charge >= 0.3 is 0 Å². The van der Waals surface area contributed by atoms with Crippen LogP contribution in [0.15, 0.2) is 22.6 Å². The molecule has 0 fully saturated rings. The maximum Gasteiger partial charge on any atom is 0.233 e. The number of aromatic nitrogens is 2. The monoisotopic (exact) mass is 259 g/mol. The van der Waals surface area contributed by atoms with Crippen molar-refractivity contribution in [3.05, 3.63) is 46.7 Å². The van der Waals surface area contributed by atoms with E-state index in [-0.39, 0.29) is 6.04 Å². The van der Waals surface area contributed by atoms with Crippen LogP contribution in [0.5, 0.6) is 0 Å². The number of nitrogens with zero attached hydrogens (tertiary/aromatic N) is 2. The summed E-state index contributed by atoms with van der Waals surface area (Å²) < 4.78 is 5.74. The van der Waals surface area contributed by atoms with Crippen LogP contribution in [0, 0.1) is 13.8 Å². The van der Waals surface area contributed by atoms with Crippen LogP contribution < -0.4 is 5.32 Å². The smallest absolute Gasteiger partial charge is 0.233 e. The quantitative estimate of drug-likeness (QED) is 0.897. The molecule has 0 aliphatic rings. The average Bonchev–Trinajstić information content (AvgIpc) is 2.84. The number of hydrogen-bond donors (Lipinski definition) is 1. The lowest BCUT2D eigenvalue weighted by Gasteiger charge is -2.07. The molecule has 1 unspecified atom stereocenters. The van der Waals surface area contributed by atoms with Crippen molar-refractivity contribution in [1.29, 1.82) is 0 Å². The molecule has 0 saturated heterocycles. The third-order valence-electron chi connectivity index (χ3n) is 3.38. The van der Waals surface area contributed by atoms with Crippen molar-refractivity contribution in [3.63, 3.8) is 0 Å². The first-order chi connectivity index (χ1) is 9.13. The molecule has 1 heterocycles. The van der Waals surface area contributed by atoms with Crippen LogP contribution in [0.4, 0.5) is 0 Å². The van der Waals surface area contributed by atoms with Gasteiger partial charge in [-0.15, -0.1) is 10.2 Å². The molecule has 2 rings (SSSR count). The lowest BCUT2D eigenvalue weighted by atomic mass is 10.0. The van der Waals surface area contributed by atoms with E-state index >= 15 is 0 Å². The van der Waals surface area contributed by atoms with E-state index in [4.69, 9.17) is 4.42 Å². The van der Waals surface area contributed by atoms with Gasteiger partial charge in [0, 0.05) is 0 Å². The molecule has 1 aromatic carbocycles. The first-order valence-electron chi connectivity index (χ1n) is 6.69. The highest BCUT2D eigenvalue weighted by Crippen LogP contribution is 2.18. The SMILES string of the molecule is CCC(NC)c1nnc(Cc2cc(C)ccc2C)o1. The molecule has 0 amide bonds. The Morgan fingerprint density at radius 3 is 2.74 bits per heavy atom. The van der Waals surface area contributed by atoms with E-state index in [1.165, 1.54) is 16.7 Å². The van der Waals surface area contributed by atoms with Crippen LogP contribution in [0.3, 0.4) is 0 Å². The lowest BCUT2D eigenvalue weighted by Crippen LogP contribution is -2.15. The zero-order chi connectivity index (χ0) is 13.8. The van der Waals surface area contributed by atoms with Crippen molar-refractivity contribution in [2.24, 2.45) is 0 Å². The summed E-state index contributed by atoms with van der Waals surface area (Å²) in [7, 11) is 1.91. The average molecular weight is 259 g/mol. The predicted molar refractivity (Wildman–Crippen MR) is 75.1 cm³/mol. The van der Waals surface area contributed by atoms with E-state index in [2.05, 4.69) is 54.5 Å². The van der Waals surface area contributed by atoms with Gasteiger partial charge in [0.15, 0.2) is 0 Å². The number of benzene rings is 1. The van der Waals surface area contributed by atoms with Gasteiger partial charge in [-0.3, -0.25) is 0 Å². The molecule has 0 bridgehead atoms. The van der Waals surface area contributed by atoms with Crippen molar-refractivity contribution in [1.82, 2.24) is 15.5 Å². The summed E-state index contributed by atoms with van der Waals surface area (Å²) in [5.74, 6) is 1.35. The zero-order valence-corrected chi connectivity index (χ0v) is 12.0. The zero-order valence-electron chi connectivity index (χ0n) is 12.0. The minimum Gasteiger partial charge on any atom is -0.423 e. The second kappa shape index (κ2) is 5.97. The summed E-state index contributed by atoms with van der Waals surface area (Å²) in [6.07, 6.45) is 1.63. The molecule has 1 aromatic heterocycles. The molecule has 4 nitrogen and oxygen atoms in total. The van der Waals surface area contributed by atoms with E-state index in [0.717, 1.165) is 6.42 Å². The van der Waals surface area contributed by atoms with Crippen LogP contribution in [0.25, 0.3) is 0 Å². The Labute approximate surface area is 114 Å². The van der Waals surface area contributed by atoms with Gasteiger partial charge in [-0.25, -0.2) is 0 Å². The molecule has 0 aliphatic heterocycles. The van der Waals surface area contributed by atoms with Gasteiger partial charge in [0.1, 0.15) is 0 Å². The Bertz CT molecular complexity index is 544. The maximum absolute atomic E-state index is 5.74. The van der Waals surface area contributed by atoms with E-state index < -0.39 is 0 Å². The highest BCUT2D eigenvalue weighted by Gasteiger charge is 2.15. The Morgan fingerprint density at radius 2 is 2.05 bits per heavy atom. The molecule has 0 aliphatic carbocycles.